The van der Waals surface area contributed by atoms with E-state index in [9.17, 15) is 4.79 Å². The Hall–Kier alpha value is -1.50. The van der Waals surface area contributed by atoms with E-state index in [1.807, 2.05) is 47.3 Å². The minimum atomic E-state index is 0.0258. The van der Waals surface area contributed by atoms with Gasteiger partial charge in [-0.05, 0) is 50.7 Å². The maximum atomic E-state index is 12.9. The van der Waals surface area contributed by atoms with Gasteiger partial charge in [0.15, 0.2) is 4.96 Å². The van der Waals surface area contributed by atoms with Crippen molar-refractivity contribution in [1.82, 2.24) is 14.7 Å². The highest BCUT2D eigenvalue weighted by Gasteiger charge is 2.20. The molecule has 6 heteroatoms. The molecule has 0 radical (unpaired) electrons. The molecule has 0 unspecified atom stereocenters. The van der Waals surface area contributed by atoms with Crippen molar-refractivity contribution in [3.63, 3.8) is 0 Å². The number of nitrogens with zero attached hydrogens (tertiary/aromatic N) is 2. The first-order valence-electron chi connectivity index (χ1n) is 7.10. The van der Waals surface area contributed by atoms with Crippen LogP contribution in [0.2, 0.25) is 0 Å². The number of carbonyl (C=O) groups excluding carboxylic acids is 1. The highest BCUT2D eigenvalue weighted by Crippen LogP contribution is 2.22. The van der Waals surface area contributed by atoms with Gasteiger partial charge in [-0.2, -0.15) is 0 Å². The van der Waals surface area contributed by atoms with Gasteiger partial charge in [-0.3, -0.25) is 9.20 Å². The molecule has 114 valence electrons. The molecule has 0 saturated heterocycles. The molecule has 0 atom stereocenters. The van der Waals surface area contributed by atoms with Crippen molar-refractivity contribution in [3.8, 4) is 0 Å². The normalized spacial score (nSPS) is 11.2. The molecule has 0 amide bonds. The van der Waals surface area contributed by atoms with Gasteiger partial charge in [0.1, 0.15) is 5.69 Å². The van der Waals surface area contributed by atoms with Crippen LogP contribution in [0.25, 0.3) is 4.96 Å². The van der Waals surface area contributed by atoms with Gasteiger partial charge in [-0.25, -0.2) is 4.98 Å². The van der Waals surface area contributed by atoms with Crippen LogP contribution in [0.3, 0.4) is 0 Å². The number of hydrogen-bond acceptors (Lipinski definition) is 4. The lowest BCUT2D eigenvalue weighted by Gasteiger charge is -2.04. The van der Waals surface area contributed by atoms with E-state index in [2.05, 4.69) is 26.2 Å². The molecule has 0 aliphatic rings. The Kier molecular flexibility index (Phi) is 4.71. The summed E-state index contributed by atoms with van der Waals surface area (Å²) in [6.45, 7) is 0.914. The molecule has 3 rings (SSSR count). The molecule has 0 fully saturated rings. The summed E-state index contributed by atoms with van der Waals surface area (Å²) in [6, 6.07) is 7.46. The highest BCUT2D eigenvalue weighted by atomic mass is 79.9. The molecule has 0 aliphatic heterocycles. The molecule has 2 aromatic heterocycles. The van der Waals surface area contributed by atoms with Crippen LogP contribution in [0.15, 0.2) is 40.3 Å². The first-order valence-corrected chi connectivity index (χ1v) is 8.77. The number of benzene rings is 1. The zero-order chi connectivity index (χ0) is 15.5. The van der Waals surface area contributed by atoms with E-state index in [1.54, 1.807) is 11.3 Å². The SMILES string of the molecule is CNCCCc1nc2sccn2c1C(=O)c1ccc(Br)cc1. The second-order valence-corrected chi connectivity index (χ2v) is 6.79. The van der Waals surface area contributed by atoms with Crippen LogP contribution >= 0.6 is 27.3 Å². The van der Waals surface area contributed by atoms with Crippen molar-refractivity contribution in [1.29, 1.82) is 0 Å². The molecule has 0 aliphatic carbocycles. The van der Waals surface area contributed by atoms with Gasteiger partial charge in [0.2, 0.25) is 5.78 Å². The predicted molar refractivity (Wildman–Crippen MR) is 92.9 cm³/mol. The Morgan fingerprint density at radius 3 is 2.86 bits per heavy atom. The number of nitrogens with one attached hydrogen (secondary N) is 1. The number of fused-ring (bicyclic) bond motifs is 1. The molecular formula is C16H16BrN3OS. The lowest BCUT2D eigenvalue weighted by Crippen LogP contribution is -2.11. The Bertz CT molecular complexity index is 791. The summed E-state index contributed by atoms with van der Waals surface area (Å²) in [5, 5.41) is 5.09. The van der Waals surface area contributed by atoms with E-state index in [0.29, 0.717) is 11.3 Å². The summed E-state index contributed by atoms with van der Waals surface area (Å²) in [6.07, 6.45) is 3.68. The van der Waals surface area contributed by atoms with Gasteiger partial charge in [-0.15, -0.1) is 11.3 Å². The fraction of sp³-hybridized carbons (Fsp3) is 0.250. The van der Waals surface area contributed by atoms with E-state index in [0.717, 1.165) is 34.5 Å². The first kappa shape index (κ1) is 15.4. The third kappa shape index (κ3) is 2.99. The molecule has 1 N–H and O–H groups in total. The number of halogens is 1. The lowest BCUT2D eigenvalue weighted by molar-refractivity contribution is 0.103. The number of aromatic nitrogens is 2. The average Bonchev–Trinajstić information content (AvgIpc) is 3.08. The van der Waals surface area contributed by atoms with Crippen molar-refractivity contribution in [2.45, 2.75) is 12.8 Å². The Balaban J connectivity index is 1.99. The molecule has 1 aromatic carbocycles. The van der Waals surface area contributed by atoms with Gasteiger partial charge >= 0.3 is 0 Å². The molecule has 3 aromatic rings. The van der Waals surface area contributed by atoms with Gasteiger partial charge in [-0.1, -0.05) is 15.9 Å². The van der Waals surface area contributed by atoms with Crippen LogP contribution < -0.4 is 5.32 Å². The van der Waals surface area contributed by atoms with E-state index in [1.165, 1.54) is 0 Å². The van der Waals surface area contributed by atoms with Gasteiger partial charge in [0.25, 0.3) is 0 Å². The van der Waals surface area contributed by atoms with Gasteiger partial charge in [0, 0.05) is 21.6 Å². The minimum Gasteiger partial charge on any atom is -0.320 e. The van der Waals surface area contributed by atoms with Crippen LogP contribution in [0.1, 0.15) is 28.2 Å². The maximum Gasteiger partial charge on any atom is 0.211 e. The first-order chi connectivity index (χ1) is 10.7. The van der Waals surface area contributed by atoms with Crippen molar-refractivity contribution < 1.29 is 4.79 Å². The summed E-state index contributed by atoms with van der Waals surface area (Å²) in [5.41, 5.74) is 2.26. The number of hydrogen-bond donors (Lipinski definition) is 1. The van der Waals surface area contributed by atoms with E-state index >= 15 is 0 Å². The van der Waals surface area contributed by atoms with Crippen molar-refractivity contribution in [3.05, 3.63) is 57.3 Å². The van der Waals surface area contributed by atoms with Crippen LogP contribution in [-0.2, 0) is 6.42 Å². The molecular weight excluding hydrogens is 362 g/mol. The Morgan fingerprint density at radius 2 is 2.14 bits per heavy atom. The van der Waals surface area contributed by atoms with Crippen LogP contribution in [0.4, 0.5) is 0 Å². The number of ketones is 1. The third-order valence-electron chi connectivity index (χ3n) is 3.50. The van der Waals surface area contributed by atoms with Crippen molar-refractivity contribution >= 4 is 38.0 Å². The quantitative estimate of drug-likeness (QED) is 0.527. The Labute approximate surface area is 141 Å². The van der Waals surface area contributed by atoms with Crippen LogP contribution in [0, 0.1) is 0 Å². The molecule has 4 nitrogen and oxygen atoms in total. The third-order valence-corrected chi connectivity index (χ3v) is 4.78. The topological polar surface area (TPSA) is 46.4 Å². The highest BCUT2D eigenvalue weighted by molar-refractivity contribution is 9.10. The minimum absolute atomic E-state index is 0.0258. The molecule has 0 bridgehead atoms. The molecule has 0 spiro atoms. The second kappa shape index (κ2) is 6.73. The van der Waals surface area contributed by atoms with Crippen molar-refractivity contribution in [2.75, 3.05) is 13.6 Å². The number of aryl methyl sites for hydroxylation is 1. The summed E-state index contributed by atoms with van der Waals surface area (Å²) in [4.78, 5) is 18.4. The van der Waals surface area contributed by atoms with E-state index in [4.69, 9.17) is 0 Å². The smallest absolute Gasteiger partial charge is 0.211 e. The number of thiazole rings is 1. The fourth-order valence-electron chi connectivity index (χ4n) is 2.42. The standard InChI is InChI=1S/C16H16BrN3OS/c1-18-8-2-3-13-14(20-9-10-22-16(20)19-13)15(21)11-4-6-12(17)7-5-11/h4-7,9-10,18H,2-3,8H2,1H3. The number of carbonyl (C=O) groups is 1. The monoisotopic (exact) mass is 377 g/mol. The predicted octanol–water partition coefficient (Wildman–Crippen LogP) is 3.54. The number of rotatable bonds is 6. The maximum absolute atomic E-state index is 12.9. The van der Waals surface area contributed by atoms with Gasteiger partial charge in [0.05, 0.1) is 5.69 Å². The van der Waals surface area contributed by atoms with Gasteiger partial charge < -0.3 is 5.32 Å². The summed E-state index contributed by atoms with van der Waals surface area (Å²) in [7, 11) is 1.93. The lowest BCUT2D eigenvalue weighted by atomic mass is 10.0. The molecule has 0 saturated carbocycles. The number of imidazole rings is 1. The summed E-state index contributed by atoms with van der Waals surface area (Å²) >= 11 is 4.95. The zero-order valence-corrected chi connectivity index (χ0v) is 14.6. The van der Waals surface area contributed by atoms with Crippen molar-refractivity contribution in [2.24, 2.45) is 0 Å². The fourth-order valence-corrected chi connectivity index (χ4v) is 3.41. The molecule has 2 heterocycles. The van der Waals surface area contributed by atoms with Crippen LogP contribution in [-0.4, -0.2) is 28.8 Å². The zero-order valence-electron chi connectivity index (χ0n) is 12.2. The van der Waals surface area contributed by atoms with Crippen LogP contribution in [0.5, 0.6) is 0 Å². The largest absolute Gasteiger partial charge is 0.320 e. The summed E-state index contributed by atoms with van der Waals surface area (Å²) < 4.78 is 2.87. The average molecular weight is 378 g/mol. The van der Waals surface area contributed by atoms with E-state index in [-0.39, 0.29) is 5.78 Å². The Morgan fingerprint density at radius 1 is 1.36 bits per heavy atom. The summed E-state index contributed by atoms with van der Waals surface area (Å²) in [5.74, 6) is 0.0258. The molecule has 22 heavy (non-hydrogen) atoms. The second-order valence-electron chi connectivity index (χ2n) is 5.01. The van der Waals surface area contributed by atoms with E-state index < -0.39 is 0 Å².